The van der Waals surface area contributed by atoms with Gasteiger partial charge in [0.05, 0.1) is 7.11 Å². The molecule has 1 amide bonds. The van der Waals surface area contributed by atoms with Crippen molar-refractivity contribution in [3.8, 4) is 5.75 Å². The molecule has 8 heteroatoms. The van der Waals surface area contributed by atoms with Crippen molar-refractivity contribution in [1.82, 2.24) is 10.2 Å². The van der Waals surface area contributed by atoms with Gasteiger partial charge in [0.25, 0.3) is 0 Å². The van der Waals surface area contributed by atoms with Gasteiger partial charge in [-0.3, -0.25) is 9.69 Å². The van der Waals surface area contributed by atoms with Crippen LogP contribution in [0.3, 0.4) is 0 Å². The summed E-state index contributed by atoms with van der Waals surface area (Å²) in [7, 11) is 1.67. The maximum atomic E-state index is 11.8. The number of ether oxygens (including phenoxy) is 1. The Hall–Kier alpha value is -1.12. The third kappa shape index (κ3) is 4.05. The topological polar surface area (TPSA) is 55.3 Å². The van der Waals surface area contributed by atoms with Crippen LogP contribution in [0.5, 0.6) is 5.75 Å². The number of anilines is 1. The van der Waals surface area contributed by atoms with Crippen LogP contribution in [0.25, 0.3) is 0 Å². The van der Waals surface area contributed by atoms with Crippen molar-refractivity contribution in [3.63, 3.8) is 0 Å². The van der Waals surface area contributed by atoms with E-state index >= 15 is 0 Å². The molecule has 0 unspecified atom stereocenters. The molecule has 23 heavy (non-hydrogen) atoms. The average Bonchev–Trinajstić information content (AvgIpc) is 3.23. The van der Waals surface area contributed by atoms with Crippen molar-refractivity contribution in [3.05, 3.63) is 28.2 Å². The fourth-order valence-electron chi connectivity index (χ4n) is 2.24. The van der Waals surface area contributed by atoms with Crippen molar-refractivity contribution < 1.29 is 9.53 Å². The Kier molecular flexibility index (Phi) is 5.23. The highest BCUT2D eigenvalue weighted by atomic mass is 79.9. The molecular formula is C15H16BrN3O2S2. The second-order valence-corrected chi connectivity index (χ2v) is 8.31. The smallest absolute Gasteiger partial charge is 0.225 e. The minimum atomic E-state index is 0.0360. The molecule has 1 aliphatic carbocycles. The van der Waals surface area contributed by atoms with Crippen molar-refractivity contribution in [2.24, 2.45) is 0 Å². The minimum absolute atomic E-state index is 0.0360. The number of hydrogen-bond donors (Lipinski definition) is 0. The van der Waals surface area contributed by atoms with Crippen LogP contribution in [-0.2, 0) is 10.5 Å². The first-order chi connectivity index (χ1) is 11.1. The van der Waals surface area contributed by atoms with Crippen LogP contribution in [-0.4, -0.2) is 29.3 Å². The summed E-state index contributed by atoms with van der Waals surface area (Å²) < 4.78 is 7.26. The van der Waals surface area contributed by atoms with Crippen molar-refractivity contribution in [1.29, 1.82) is 0 Å². The molecule has 1 fully saturated rings. The zero-order valence-corrected chi connectivity index (χ0v) is 16.0. The van der Waals surface area contributed by atoms with E-state index in [1.54, 1.807) is 30.7 Å². The minimum Gasteiger partial charge on any atom is -0.496 e. The van der Waals surface area contributed by atoms with Crippen molar-refractivity contribution in [2.45, 2.75) is 35.9 Å². The van der Waals surface area contributed by atoms with Crippen molar-refractivity contribution in [2.75, 3.05) is 12.0 Å². The first kappa shape index (κ1) is 16.7. The molecule has 122 valence electrons. The predicted octanol–water partition coefficient (Wildman–Crippen LogP) is 4.12. The number of rotatable bonds is 6. The second kappa shape index (κ2) is 7.19. The molecule has 0 aliphatic heterocycles. The maximum absolute atomic E-state index is 11.8. The normalized spacial score (nSPS) is 13.9. The summed E-state index contributed by atoms with van der Waals surface area (Å²) in [5, 5.41) is 9.09. The molecule has 1 aromatic heterocycles. The molecule has 2 aromatic rings. The lowest BCUT2D eigenvalue weighted by Gasteiger charge is -2.15. The number of hydrogen-bond acceptors (Lipinski definition) is 6. The average molecular weight is 414 g/mol. The summed E-state index contributed by atoms with van der Waals surface area (Å²) in [6.07, 6.45) is 2.10. The Morgan fingerprint density at radius 3 is 2.91 bits per heavy atom. The Bertz CT molecular complexity index is 718. The van der Waals surface area contributed by atoms with E-state index in [1.807, 2.05) is 18.2 Å². The van der Waals surface area contributed by atoms with Gasteiger partial charge in [-0.05, 0) is 31.0 Å². The summed E-state index contributed by atoms with van der Waals surface area (Å²) in [6, 6.07) is 6.25. The van der Waals surface area contributed by atoms with Gasteiger partial charge in [0.2, 0.25) is 11.0 Å². The molecule has 0 bridgehead atoms. The van der Waals surface area contributed by atoms with Gasteiger partial charge in [0, 0.05) is 28.8 Å². The van der Waals surface area contributed by atoms with E-state index in [1.165, 1.54) is 11.3 Å². The van der Waals surface area contributed by atoms with Crippen LogP contribution in [0, 0.1) is 0 Å². The molecule has 0 saturated heterocycles. The van der Waals surface area contributed by atoms with E-state index in [0.29, 0.717) is 11.2 Å². The molecule has 1 heterocycles. The third-order valence-electron chi connectivity index (χ3n) is 3.45. The molecule has 1 saturated carbocycles. The number of nitrogens with zero attached hydrogens (tertiary/aromatic N) is 3. The van der Waals surface area contributed by atoms with E-state index < -0.39 is 0 Å². The second-order valence-electron chi connectivity index (χ2n) is 5.22. The van der Waals surface area contributed by atoms with Gasteiger partial charge in [-0.25, -0.2) is 0 Å². The van der Waals surface area contributed by atoms with Crippen LogP contribution >= 0.6 is 39.0 Å². The van der Waals surface area contributed by atoms with Crippen LogP contribution in [0.1, 0.15) is 25.3 Å². The number of thioether (sulfide) groups is 1. The van der Waals surface area contributed by atoms with Gasteiger partial charge >= 0.3 is 0 Å². The third-order valence-corrected chi connectivity index (χ3v) is 6.04. The van der Waals surface area contributed by atoms with E-state index in [2.05, 4.69) is 26.1 Å². The van der Waals surface area contributed by atoms with Gasteiger partial charge in [-0.15, -0.1) is 10.2 Å². The van der Waals surface area contributed by atoms with Crippen LogP contribution in [0.4, 0.5) is 5.13 Å². The van der Waals surface area contributed by atoms with E-state index in [-0.39, 0.29) is 5.91 Å². The standard InChI is InChI=1S/C15H16BrN3O2S2/c1-9(20)19(12-4-5-12)14-17-18-15(23-14)22-8-10-7-11(16)3-6-13(10)21-2/h3,6-7,12H,4-5,8H2,1-2H3. The first-order valence-corrected chi connectivity index (χ1v) is 9.76. The van der Waals surface area contributed by atoms with E-state index in [0.717, 1.165) is 38.7 Å². The lowest BCUT2D eigenvalue weighted by molar-refractivity contribution is -0.116. The Morgan fingerprint density at radius 2 is 2.26 bits per heavy atom. The molecule has 5 nitrogen and oxygen atoms in total. The lowest BCUT2D eigenvalue weighted by Crippen LogP contribution is -2.30. The zero-order valence-electron chi connectivity index (χ0n) is 12.8. The maximum Gasteiger partial charge on any atom is 0.225 e. The Labute approximate surface area is 151 Å². The van der Waals surface area contributed by atoms with Gasteiger partial charge in [0.1, 0.15) is 5.75 Å². The predicted molar refractivity (Wildman–Crippen MR) is 96.3 cm³/mol. The van der Waals surface area contributed by atoms with Gasteiger partial charge < -0.3 is 4.74 Å². The number of aromatic nitrogens is 2. The van der Waals surface area contributed by atoms with Gasteiger partial charge in [-0.2, -0.15) is 0 Å². The number of benzene rings is 1. The summed E-state index contributed by atoms with van der Waals surface area (Å²) in [4.78, 5) is 13.5. The molecule has 0 spiro atoms. The Balaban J connectivity index is 1.70. The van der Waals surface area contributed by atoms with Crippen LogP contribution in [0.2, 0.25) is 0 Å². The number of methoxy groups -OCH3 is 1. The van der Waals surface area contributed by atoms with E-state index in [4.69, 9.17) is 4.74 Å². The zero-order chi connectivity index (χ0) is 16.4. The molecule has 1 aromatic carbocycles. The molecule has 0 radical (unpaired) electrons. The van der Waals surface area contributed by atoms with Gasteiger partial charge in [-0.1, -0.05) is 39.0 Å². The van der Waals surface area contributed by atoms with Gasteiger partial charge in [0.15, 0.2) is 4.34 Å². The summed E-state index contributed by atoms with van der Waals surface area (Å²) in [5.74, 6) is 1.63. The lowest BCUT2D eigenvalue weighted by atomic mass is 10.2. The molecule has 0 N–H and O–H groups in total. The number of halogens is 1. The largest absolute Gasteiger partial charge is 0.496 e. The summed E-state index contributed by atoms with van der Waals surface area (Å²) >= 11 is 6.55. The van der Waals surface area contributed by atoms with E-state index in [9.17, 15) is 4.79 Å². The number of carbonyl (C=O) groups is 1. The highest BCUT2D eigenvalue weighted by Gasteiger charge is 2.34. The van der Waals surface area contributed by atoms with Crippen LogP contribution in [0.15, 0.2) is 27.0 Å². The molecule has 0 atom stereocenters. The molecule has 3 rings (SSSR count). The quantitative estimate of drug-likeness (QED) is 0.526. The fourth-order valence-corrected chi connectivity index (χ4v) is 4.58. The number of amides is 1. The Morgan fingerprint density at radius 1 is 1.48 bits per heavy atom. The summed E-state index contributed by atoms with van der Waals surface area (Å²) in [6.45, 7) is 1.58. The summed E-state index contributed by atoms with van der Waals surface area (Å²) in [5.41, 5.74) is 1.09. The number of carbonyl (C=O) groups excluding carboxylic acids is 1. The molecule has 1 aliphatic rings. The highest BCUT2D eigenvalue weighted by molar-refractivity contribution is 9.10. The SMILES string of the molecule is COc1ccc(Br)cc1CSc1nnc(N(C(C)=O)C2CC2)s1. The highest BCUT2D eigenvalue weighted by Crippen LogP contribution is 2.37. The van der Waals surface area contributed by atoms with Crippen LogP contribution < -0.4 is 9.64 Å². The first-order valence-electron chi connectivity index (χ1n) is 7.17. The fraction of sp³-hybridized carbons (Fsp3) is 0.400. The molecular weight excluding hydrogens is 398 g/mol. The van der Waals surface area contributed by atoms with Crippen molar-refractivity contribution >= 4 is 50.1 Å². The monoisotopic (exact) mass is 413 g/mol.